The van der Waals surface area contributed by atoms with Crippen molar-refractivity contribution in [3.8, 4) is 11.8 Å². The summed E-state index contributed by atoms with van der Waals surface area (Å²) in [4.78, 5) is 31.9. The number of rotatable bonds is 6. The average Bonchev–Trinajstić information content (AvgIpc) is 3.37. The minimum atomic E-state index is -0.940. The van der Waals surface area contributed by atoms with Crippen molar-refractivity contribution in [1.29, 1.82) is 5.26 Å². The van der Waals surface area contributed by atoms with E-state index in [0.29, 0.717) is 41.4 Å². The van der Waals surface area contributed by atoms with Crippen LogP contribution in [0, 0.1) is 35.4 Å². The van der Waals surface area contributed by atoms with E-state index in [1.54, 1.807) is 48.5 Å². The lowest BCUT2D eigenvalue weighted by Crippen LogP contribution is -2.35. The van der Waals surface area contributed by atoms with Crippen LogP contribution in [0.25, 0.3) is 5.69 Å². The van der Waals surface area contributed by atoms with Gasteiger partial charge in [-0.15, -0.1) is 0 Å². The molecule has 172 valence electrons. The van der Waals surface area contributed by atoms with Gasteiger partial charge in [0.15, 0.2) is 0 Å². The van der Waals surface area contributed by atoms with Crippen molar-refractivity contribution in [1.82, 2.24) is 14.8 Å². The first-order valence-electron chi connectivity index (χ1n) is 11.2. The second-order valence-electron chi connectivity index (χ2n) is 8.91. The summed E-state index contributed by atoms with van der Waals surface area (Å²) in [6.07, 6.45) is 5.56. The van der Waals surface area contributed by atoms with Gasteiger partial charge in [-0.3, -0.25) is 9.59 Å². The molecule has 0 radical (unpaired) electrons. The van der Waals surface area contributed by atoms with Crippen molar-refractivity contribution in [2.45, 2.75) is 32.6 Å². The Morgan fingerprint density at radius 2 is 2.09 bits per heavy atom. The molecule has 5 rings (SSSR count). The van der Waals surface area contributed by atoms with Crippen molar-refractivity contribution >= 4 is 23.3 Å². The molecule has 1 saturated carbocycles. The molecule has 1 atom stereocenters. The monoisotopic (exact) mass is 458 g/mol. The molecular weight excluding hydrogens is 435 g/mol. The van der Waals surface area contributed by atoms with E-state index >= 15 is 0 Å². The molecule has 34 heavy (non-hydrogen) atoms. The van der Waals surface area contributed by atoms with Gasteiger partial charge in [-0.2, -0.15) is 10.4 Å². The molecule has 9 heteroatoms. The van der Waals surface area contributed by atoms with Gasteiger partial charge in [0, 0.05) is 36.4 Å². The number of nitriles is 1. The van der Waals surface area contributed by atoms with E-state index in [1.807, 2.05) is 0 Å². The van der Waals surface area contributed by atoms with Crippen LogP contribution in [0.3, 0.4) is 0 Å². The predicted octanol–water partition coefficient (Wildman–Crippen LogP) is 3.55. The van der Waals surface area contributed by atoms with Crippen LogP contribution in [0.15, 0.2) is 48.8 Å². The number of aryl methyl sites for hydroxylation is 1. The van der Waals surface area contributed by atoms with Crippen LogP contribution < -0.4 is 10.2 Å². The van der Waals surface area contributed by atoms with Gasteiger partial charge in [-0.05, 0) is 68.0 Å². The van der Waals surface area contributed by atoms with Gasteiger partial charge in [0.05, 0.1) is 18.2 Å². The first-order chi connectivity index (χ1) is 16.4. The highest BCUT2D eigenvalue weighted by Gasteiger charge is 2.56. The lowest BCUT2D eigenvalue weighted by molar-refractivity contribution is -0.123. The second kappa shape index (κ2) is 8.37. The highest BCUT2D eigenvalue weighted by atomic mass is 19.1. The molecule has 0 bridgehead atoms. The third-order valence-electron chi connectivity index (χ3n) is 6.42. The number of anilines is 2. The van der Waals surface area contributed by atoms with Crippen LogP contribution in [-0.2, 0) is 16.0 Å². The van der Waals surface area contributed by atoms with Crippen molar-refractivity contribution in [2.24, 2.45) is 11.3 Å². The Balaban J connectivity index is 1.33. The van der Waals surface area contributed by atoms with Crippen LogP contribution in [0.5, 0.6) is 0 Å². The standard InChI is InChI=1S/C25H23FN6O2/c1-16-9-20(31-8-5-25(15-27,24(31)34)18-3-4-18)14-22(29-16)30-23(33)12-17-10-19(26)13-21(11-17)32-7-2-6-28-32/h2,6-7,9-11,13-14,18H,3-5,8,12H2,1H3,(H,29,30,33)/t25-/m1/s1. The molecule has 1 N–H and O–H groups in total. The van der Waals surface area contributed by atoms with Crippen LogP contribution in [-0.4, -0.2) is 33.1 Å². The molecule has 2 fully saturated rings. The number of carbonyl (C=O) groups is 2. The Hall–Kier alpha value is -4.06. The molecule has 8 nitrogen and oxygen atoms in total. The lowest BCUT2D eigenvalue weighted by atomic mass is 9.83. The van der Waals surface area contributed by atoms with Gasteiger partial charge in [-0.25, -0.2) is 14.1 Å². The van der Waals surface area contributed by atoms with E-state index in [0.717, 1.165) is 12.8 Å². The summed E-state index contributed by atoms with van der Waals surface area (Å²) in [7, 11) is 0. The number of amides is 2. The predicted molar refractivity (Wildman–Crippen MR) is 123 cm³/mol. The Morgan fingerprint density at radius 1 is 1.26 bits per heavy atom. The SMILES string of the molecule is Cc1cc(N2CC[C@@](C#N)(C3CC3)C2=O)cc(NC(=O)Cc2cc(F)cc(-n3cccn3)c2)n1. The minimum absolute atomic E-state index is 0.0567. The molecule has 1 aliphatic heterocycles. The fraction of sp³-hybridized carbons (Fsp3) is 0.320. The minimum Gasteiger partial charge on any atom is -0.311 e. The molecule has 2 aliphatic rings. The maximum Gasteiger partial charge on any atom is 0.247 e. The number of hydrogen-bond donors (Lipinski definition) is 1. The van der Waals surface area contributed by atoms with Gasteiger partial charge in [0.1, 0.15) is 17.1 Å². The van der Waals surface area contributed by atoms with Crippen LogP contribution >= 0.6 is 0 Å². The van der Waals surface area contributed by atoms with E-state index in [4.69, 9.17) is 0 Å². The molecule has 0 spiro atoms. The van der Waals surface area contributed by atoms with Crippen molar-refractivity contribution < 1.29 is 14.0 Å². The smallest absolute Gasteiger partial charge is 0.247 e. The lowest BCUT2D eigenvalue weighted by Gasteiger charge is -2.21. The Morgan fingerprint density at radius 3 is 2.79 bits per heavy atom. The fourth-order valence-corrected chi connectivity index (χ4v) is 4.67. The zero-order chi connectivity index (χ0) is 23.9. The third kappa shape index (κ3) is 4.03. The van der Waals surface area contributed by atoms with Crippen molar-refractivity contribution in [2.75, 3.05) is 16.8 Å². The van der Waals surface area contributed by atoms with Crippen LogP contribution in [0.1, 0.15) is 30.5 Å². The number of carbonyl (C=O) groups excluding carboxylic acids is 2. The summed E-state index contributed by atoms with van der Waals surface area (Å²) in [6.45, 7) is 2.24. The number of hydrogen-bond acceptors (Lipinski definition) is 5. The van der Waals surface area contributed by atoms with Gasteiger partial charge >= 0.3 is 0 Å². The molecule has 3 aromatic rings. The number of pyridine rings is 1. The van der Waals surface area contributed by atoms with E-state index in [-0.39, 0.29) is 24.2 Å². The van der Waals surface area contributed by atoms with E-state index in [9.17, 15) is 19.2 Å². The third-order valence-corrected chi connectivity index (χ3v) is 6.42. The summed E-state index contributed by atoms with van der Waals surface area (Å²) < 4.78 is 15.6. The maximum absolute atomic E-state index is 14.1. The van der Waals surface area contributed by atoms with Crippen molar-refractivity contribution in [3.63, 3.8) is 0 Å². The number of nitrogens with zero attached hydrogens (tertiary/aromatic N) is 5. The first kappa shape index (κ1) is 21.8. The zero-order valence-corrected chi connectivity index (χ0v) is 18.7. The number of halogens is 1. The van der Waals surface area contributed by atoms with Gasteiger partial charge < -0.3 is 10.2 Å². The van der Waals surface area contributed by atoms with Gasteiger partial charge in [-0.1, -0.05) is 0 Å². The summed E-state index contributed by atoms with van der Waals surface area (Å²) >= 11 is 0. The molecule has 0 unspecified atom stereocenters. The normalized spacial score (nSPS) is 19.8. The number of aromatic nitrogens is 3. The average molecular weight is 458 g/mol. The van der Waals surface area contributed by atoms with E-state index in [1.165, 1.54) is 16.8 Å². The summed E-state index contributed by atoms with van der Waals surface area (Å²) in [5.74, 6) is -0.562. The molecule has 1 aromatic carbocycles. The van der Waals surface area contributed by atoms with Crippen LogP contribution in [0.2, 0.25) is 0 Å². The first-order valence-corrected chi connectivity index (χ1v) is 11.2. The molecule has 1 aliphatic carbocycles. The molecule has 1 saturated heterocycles. The maximum atomic E-state index is 14.1. The molecule has 2 amide bonds. The highest BCUT2D eigenvalue weighted by Crippen LogP contribution is 2.52. The summed E-state index contributed by atoms with van der Waals surface area (Å²) in [5.41, 5.74) is 1.32. The molecular formula is C25H23FN6O2. The largest absolute Gasteiger partial charge is 0.311 e. The van der Waals surface area contributed by atoms with Crippen molar-refractivity contribution in [3.05, 3.63) is 65.9 Å². The van der Waals surface area contributed by atoms with E-state index in [2.05, 4.69) is 21.5 Å². The molecule has 3 heterocycles. The quantitative estimate of drug-likeness (QED) is 0.608. The highest BCUT2D eigenvalue weighted by molar-refractivity contribution is 6.02. The Labute approximate surface area is 196 Å². The molecule has 2 aromatic heterocycles. The summed E-state index contributed by atoms with van der Waals surface area (Å²) in [5, 5.41) is 16.6. The van der Waals surface area contributed by atoms with Gasteiger partial charge in [0.2, 0.25) is 11.8 Å². The van der Waals surface area contributed by atoms with E-state index < -0.39 is 11.2 Å². The zero-order valence-electron chi connectivity index (χ0n) is 18.7. The fourth-order valence-electron chi connectivity index (χ4n) is 4.67. The second-order valence-corrected chi connectivity index (χ2v) is 8.91. The Kier molecular flexibility index (Phi) is 5.36. The topological polar surface area (TPSA) is 104 Å². The number of nitrogens with one attached hydrogen (secondary N) is 1. The van der Waals surface area contributed by atoms with Gasteiger partial charge in [0.25, 0.3) is 0 Å². The van der Waals surface area contributed by atoms with Crippen LogP contribution in [0.4, 0.5) is 15.9 Å². The Bertz CT molecular complexity index is 1310. The summed E-state index contributed by atoms with van der Waals surface area (Å²) in [6, 6.07) is 11.8. The number of benzene rings is 1.